The van der Waals surface area contributed by atoms with E-state index in [0.717, 1.165) is 17.7 Å². The number of aromatic amines is 1. The zero-order chi connectivity index (χ0) is 17.4. The fourth-order valence-corrected chi connectivity index (χ4v) is 3.54. The summed E-state index contributed by atoms with van der Waals surface area (Å²) in [5, 5.41) is 0.567. The third-order valence-electron chi connectivity index (χ3n) is 4.67. The molecule has 1 aromatic heterocycles. The van der Waals surface area contributed by atoms with Crippen LogP contribution < -0.4 is 10.5 Å². The molecule has 1 N–H and O–H groups in total. The zero-order valence-corrected chi connectivity index (χ0v) is 14.0. The van der Waals surface area contributed by atoms with Gasteiger partial charge in [-0.3, -0.25) is 9.59 Å². The minimum Gasteiger partial charge on any atom is -0.312 e. The van der Waals surface area contributed by atoms with Crippen LogP contribution in [0.2, 0.25) is 0 Å². The molecule has 0 saturated heterocycles. The van der Waals surface area contributed by atoms with E-state index < -0.39 is 0 Å². The number of aromatic nitrogens is 2. The van der Waals surface area contributed by atoms with Gasteiger partial charge in [0.15, 0.2) is 0 Å². The predicted octanol–water partition coefficient (Wildman–Crippen LogP) is 3.01. The Bertz CT molecular complexity index is 1010. The number of hydrogen-bond donors (Lipinski definition) is 1. The Hall–Kier alpha value is -2.95. The molecule has 5 heteroatoms. The minimum atomic E-state index is -0.299. The van der Waals surface area contributed by atoms with Crippen molar-refractivity contribution in [2.24, 2.45) is 0 Å². The first-order chi connectivity index (χ1) is 12.2. The Morgan fingerprint density at radius 1 is 1.08 bits per heavy atom. The van der Waals surface area contributed by atoms with Crippen molar-refractivity contribution >= 4 is 22.5 Å². The molecule has 25 heavy (non-hydrogen) atoms. The number of fused-ring (bicyclic) bond motifs is 2. The van der Waals surface area contributed by atoms with Crippen molar-refractivity contribution in [3.63, 3.8) is 0 Å². The van der Waals surface area contributed by atoms with Crippen molar-refractivity contribution < 1.29 is 4.79 Å². The van der Waals surface area contributed by atoms with Crippen LogP contribution in [0, 0.1) is 0 Å². The van der Waals surface area contributed by atoms with Crippen molar-refractivity contribution in [3.8, 4) is 0 Å². The van der Waals surface area contributed by atoms with E-state index in [0.29, 0.717) is 29.7 Å². The summed E-state index contributed by atoms with van der Waals surface area (Å²) in [4.78, 5) is 34.4. The number of carbonyl (C=O) groups excluding carboxylic acids is 1. The zero-order valence-electron chi connectivity index (χ0n) is 14.0. The molecule has 126 valence electrons. The lowest BCUT2D eigenvalue weighted by Crippen LogP contribution is -2.30. The lowest BCUT2D eigenvalue weighted by molar-refractivity contribution is -0.119. The summed E-state index contributed by atoms with van der Waals surface area (Å²) in [5.41, 5.74) is 2.48. The van der Waals surface area contributed by atoms with E-state index in [1.165, 1.54) is 0 Å². The van der Waals surface area contributed by atoms with Crippen LogP contribution in [0.3, 0.4) is 0 Å². The van der Waals surface area contributed by atoms with E-state index in [9.17, 15) is 9.59 Å². The Kier molecular flexibility index (Phi) is 3.84. The smallest absolute Gasteiger partial charge is 0.258 e. The normalized spacial score (nSPS) is 16.4. The van der Waals surface area contributed by atoms with Gasteiger partial charge in [0.2, 0.25) is 5.91 Å². The average molecular weight is 333 g/mol. The number of hydrogen-bond acceptors (Lipinski definition) is 3. The van der Waals surface area contributed by atoms with E-state index >= 15 is 0 Å². The summed E-state index contributed by atoms with van der Waals surface area (Å²) in [7, 11) is 0. The first-order valence-corrected chi connectivity index (χ1v) is 8.57. The van der Waals surface area contributed by atoms with Gasteiger partial charge in [0.25, 0.3) is 5.56 Å². The molecule has 0 aliphatic carbocycles. The van der Waals surface area contributed by atoms with Crippen LogP contribution in [0.15, 0.2) is 53.3 Å². The van der Waals surface area contributed by atoms with Crippen LogP contribution in [-0.4, -0.2) is 22.4 Å². The van der Waals surface area contributed by atoms with Crippen molar-refractivity contribution in [1.82, 2.24) is 9.97 Å². The SMILES string of the molecule is CCCN1C(=O)C(Cc2nc3ccccc3c(=O)[nH]2)c2ccccc21. The van der Waals surface area contributed by atoms with Crippen molar-refractivity contribution in [2.75, 3.05) is 11.4 Å². The maximum absolute atomic E-state index is 12.9. The standard InChI is InChI=1S/C20H19N3O2/c1-2-11-23-17-10-6-4-7-13(17)15(20(23)25)12-18-21-16-9-5-3-8-14(16)19(24)22-18/h3-10,15H,2,11-12H2,1H3,(H,21,22,24). The Morgan fingerprint density at radius 2 is 1.84 bits per heavy atom. The highest BCUT2D eigenvalue weighted by molar-refractivity contribution is 6.05. The van der Waals surface area contributed by atoms with Crippen molar-refractivity contribution in [1.29, 1.82) is 0 Å². The third-order valence-corrected chi connectivity index (χ3v) is 4.67. The van der Waals surface area contributed by atoms with E-state index in [4.69, 9.17) is 0 Å². The molecule has 0 saturated carbocycles. The number of nitrogens with zero attached hydrogens (tertiary/aromatic N) is 2. The van der Waals surface area contributed by atoms with E-state index in [2.05, 4.69) is 16.9 Å². The first-order valence-electron chi connectivity index (χ1n) is 8.57. The number of nitrogens with one attached hydrogen (secondary N) is 1. The molecule has 2 aromatic carbocycles. The molecule has 1 aliphatic rings. The van der Waals surface area contributed by atoms with Crippen molar-refractivity contribution in [2.45, 2.75) is 25.7 Å². The molecule has 0 radical (unpaired) electrons. The second kappa shape index (κ2) is 6.16. The Morgan fingerprint density at radius 3 is 2.68 bits per heavy atom. The number of benzene rings is 2. The first kappa shape index (κ1) is 15.6. The molecule has 0 spiro atoms. The second-order valence-corrected chi connectivity index (χ2v) is 6.34. The van der Waals surface area contributed by atoms with Crippen LogP contribution in [-0.2, 0) is 11.2 Å². The number of rotatable bonds is 4. The molecule has 0 bridgehead atoms. The van der Waals surface area contributed by atoms with Gasteiger partial charge in [-0.15, -0.1) is 0 Å². The lowest BCUT2D eigenvalue weighted by Gasteiger charge is -2.16. The summed E-state index contributed by atoms with van der Waals surface area (Å²) in [5.74, 6) is 0.334. The van der Waals surface area contributed by atoms with Gasteiger partial charge < -0.3 is 9.88 Å². The van der Waals surface area contributed by atoms with Crippen molar-refractivity contribution in [3.05, 3.63) is 70.3 Å². The van der Waals surface area contributed by atoms with Crippen LogP contribution >= 0.6 is 0 Å². The van der Waals surface area contributed by atoms with Gasteiger partial charge in [0.1, 0.15) is 5.82 Å². The lowest BCUT2D eigenvalue weighted by atomic mass is 9.97. The van der Waals surface area contributed by atoms with Gasteiger partial charge in [0.05, 0.1) is 16.8 Å². The van der Waals surface area contributed by atoms with Gasteiger partial charge in [-0.2, -0.15) is 0 Å². The highest BCUT2D eigenvalue weighted by Gasteiger charge is 2.36. The fraction of sp³-hybridized carbons (Fsp3) is 0.250. The highest BCUT2D eigenvalue weighted by atomic mass is 16.2. The molecule has 1 unspecified atom stereocenters. The topological polar surface area (TPSA) is 66.1 Å². The molecule has 1 atom stereocenters. The quantitative estimate of drug-likeness (QED) is 0.798. The van der Waals surface area contributed by atoms with Gasteiger partial charge in [-0.25, -0.2) is 4.98 Å². The highest BCUT2D eigenvalue weighted by Crippen LogP contribution is 2.38. The Balaban J connectivity index is 1.73. The van der Waals surface area contributed by atoms with E-state index in [1.54, 1.807) is 6.07 Å². The number of amides is 1. The largest absolute Gasteiger partial charge is 0.312 e. The average Bonchev–Trinajstić information content (AvgIpc) is 2.88. The summed E-state index contributed by atoms with van der Waals surface area (Å²) in [6.45, 7) is 2.76. The van der Waals surface area contributed by atoms with Gasteiger partial charge in [-0.05, 0) is 30.2 Å². The maximum atomic E-state index is 12.9. The number of anilines is 1. The Labute approximate surface area is 145 Å². The number of para-hydroxylation sites is 2. The monoisotopic (exact) mass is 333 g/mol. The van der Waals surface area contributed by atoms with Gasteiger partial charge in [-0.1, -0.05) is 37.3 Å². The summed E-state index contributed by atoms with van der Waals surface area (Å²) >= 11 is 0. The second-order valence-electron chi connectivity index (χ2n) is 6.34. The molecular formula is C20H19N3O2. The van der Waals surface area contributed by atoms with E-state index in [1.807, 2.05) is 47.4 Å². The molecule has 0 fully saturated rings. The molecule has 5 nitrogen and oxygen atoms in total. The minimum absolute atomic E-state index is 0.0823. The third kappa shape index (κ3) is 2.61. The fourth-order valence-electron chi connectivity index (χ4n) is 3.54. The van der Waals surface area contributed by atoms with Crippen LogP contribution in [0.25, 0.3) is 10.9 Å². The predicted molar refractivity (Wildman–Crippen MR) is 97.9 cm³/mol. The van der Waals surface area contributed by atoms with Crippen LogP contribution in [0.5, 0.6) is 0 Å². The summed E-state index contributed by atoms with van der Waals surface area (Å²) in [6.07, 6.45) is 1.30. The van der Waals surface area contributed by atoms with Gasteiger partial charge >= 0.3 is 0 Å². The van der Waals surface area contributed by atoms with Crippen LogP contribution in [0.4, 0.5) is 5.69 Å². The maximum Gasteiger partial charge on any atom is 0.258 e. The molecular weight excluding hydrogens is 314 g/mol. The summed E-state index contributed by atoms with van der Waals surface area (Å²) in [6, 6.07) is 15.1. The summed E-state index contributed by atoms with van der Waals surface area (Å²) < 4.78 is 0. The molecule has 1 amide bonds. The van der Waals surface area contributed by atoms with Crippen LogP contribution in [0.1, 0.15) is 30.7 Å². The number of H-pyrrole nitrogens is 1. The van der Waals surface area contributed by atoms with Gasteiger partial charge in [0, 0.05) is 18.7 Å². The molecule has 3 aromatic rings. The molecule has 4 rings (SSSR count). The molecule has 1 aliphatic heterocycles. The number of carbonyl (C=O) groups is 1. The van der Waals surface area contributed by atoms with E-state index in [-0.39, 0.29) is 17.4 Å². The molecule has 2 heterocycles.